The van der Waals surface area contributed by atoms with Gasteiger partial charge >= 0.3 is 5.97 Å². The predicted molar refractivity (Wildman–Crippen MR) is 89.3 cm³/mol. The number of nitrogens with one attached hydrogen (secondary N) is 2. The lowest BCUT2D eigenvalue weighted by Gasteiger charge is -2.09. The van der Waals surface area contributed by atoms with Gasteiger partial charge in [0.05, 0.1) is 12.2 Å². The summed E-state index contributed by atoms with van der Waals surface area (Å²) in [4.78, 5) is 30.8. The smallest absolute Gasteiger partial charge is 0.338 e. The van der Waals surface area contributed by atoms with Crippen molar-refractivity contribution in [2.45, 2.75) is 33.6 Å². The lowest BCUT2D eigenvalue weighted by Crippen LogP contribution is -2.18. The summed E-state index contributed by atoms with van der Waals surface area (Å²) >= 11 is 0. The molecule has 0 aliphatic rings. The Kier molecular flexibility index (Phi) is 5.51. The Morgan fingerprint density at radius 3 is 2.52 bits per heavy atom. The number of benzene rings is 1. The third-order valence-electron chi connectivity index (χ3n) is 3.38. The first-order valence-electron chi connectivity index (χ1n) is 7.69. The topological polar surface area (TPSA) is 84.1 Å². The molecular formula is C17H21N3O3. The molecule has 0 amide bonds. The molecule has 0 aliphatic carbocycles. The zero-order chi connectivity index (χ0) is 16.8. The molecule has 0 radical (unpaired) electrons. The number of carbonyl (C=O) groups is 1. The molecule has 122 valence electrons. The number of hydrogen-bond acceptors (Lipinski definition) is 5. The molecule has 0 saturated carbocycles. The van der Waals surface area contributed by atoms with E-state index < -0.39 is 0 Å². The van der Waals surface area contributed by atoms with Crippen molar-refractivity contribution in [3.8, 4) is 0 Å². The minimum absolute atomic E-state index is 0.120. The fourth-order valence-corrected chi connectivity index (χ4v) is 2.25. The van der Waals surface area contributed by atoms with Gasteiger partial charge in [-0.25, -0.2) is 9.78 Å². The van der Waals surface area contributed by atoms with E-state index in [-0.39, 0.29) is 11.5 Å². The highest BCUT2D eigenvalue weighted by molar-refractivity contribution is 5.89. The highest BCUT2D eigenvalue weighted by Gasteiger charge is 2.09. The van der Waals surface area contributed by atoms with Gasteiger partial charge in [0.15, 0.2) is 0 Å². The summed E-state index contributed by atoms with van der Waals surface area (Å²) < 4.78 is 4.93. The number of ether oxygens (including phenoxy) is 1. The second kappa shape index (κ2) is 7.58. The maximum Gasteiger partial charge on any atom is 0.338 e. The zero-order valence-corrected chi connectivity index (χ0v) is 13.6. The predicted octanol–water partition coefficient (Wildman–Crippen LogP) is 2.95. The molecule has 23 heavy (non-hydrogen) atoms. The lowest BCUT2D eigenvalue weighted by molar-refractivity contribution is 0.0526. The van der Waals surface area contributed by atoms with Crippen LogP contribution in [0.1, 0.15) is 41.9 Å². The Bertz CT molecular complexity index is 736. The second-order valence-electron chi connectivity index (χ2n) is 5.15. The fourth-order valence-electron chi connectivity index (χ4n) is 2.25. The molecule has 0 bridgehead atoms. The van der Waals surface area contributed by atoms with E-state index in [9.17, 15) is 9.59 Å². The molecule has 1 heterocycles. The summed E-state index contributed by atoms with van der Waals surface area (Å²) in [6.45, 7) is 5.96. The van der Waals surface area contributed by atoms with Gasteiger partial charge < -0.3 is 10.1 Å². The van der Waals surface area contributed by atoms with Crippen molar-refractivity contribution < 1.29 is 9.53 Å². The SMILES string of the molecule is CCCc1c(C)nc(Nc2ccc(C(=O)OCC)cc2)[nH]c1=O. The van der Waals surface area contributed by atoms with Crippen molar-refractivity contribution in [2.24, 2.45) is 0 Å². The Balaban J connectivity index is 2.16. The summed E-state index contributed by atoms with van der Waals surface area (Å²) in [6.07, 6.45) is 1.61. The maximum absolute atomic E-state index is 12.1. The summed E-state index contributed by atoms with van der Waals surface area (Å²) in [5.74, 6) is 0.0292. The van der Waals surface area contributed by atoms with Crippen molar-refractivity contribution in [1.29, 1.82) is 0 Å². The van der Waals surface area contributed by atoms with Gasteiger partial charge in [0.25, 0.3) is 5.56 Å². The van der Waals surface area contributed by atoms with Gasteiger partial charge in [-0.2, -0.15) is 0 Å². The Labute approximate surface area is 134 Å². The van der Waals surface area contributed by atoms with Gasteiger partial charge in [-0.1, -0.05) is 13.3 Å². The molecule has 1 aromatic heterocycles. The normalized spacial score (nSPS) is 10.4. The van der Waals surface area contributed by atoms with Crippen LogP contribution >= 0.6 is 0 Å². The van der Waals surface area contributed by atoms with Crippen LogP contribution < -0.4 is 10.9 Å². The number of aryl methyl sites for hydroxylation is 1. The fraction of sp³-hybridized carbons (Fsp3) is 0.353. The van der Waals surface area contributed by atoms with Crippen LogP contribution in [0.4, 0.5) is 11.6 Å². The van der Waals surface area contributed by atoms with Crippen molar-refractivity contribution in [2.75, 3.05) is 11.9 Å². The van der Waals surface area contributed by atoms with Crippen LogP contribution in [0.15, 0.2) is 29.1 Å². The number of hydrogen-bond donors (Lipinski definition) is 2. The number of aromatic amines is 1. The molecule has 2 rings (SSSR count). The minimum Gasteiger partial charge on any atom is -0.462 e. The summed E-state index contributed by atoms with van der Waals surface area (Å²) in [5.41, 5.74) is 2.53. The largest absolute Gasteiger partial charge is 0.462 e. The molecule has 1 aromatic carbocycles. The molecule has 2 aromatic rings. The molecule has 0 saturated heterocycles. The van der Waals surface area contributed by atoms with Crippen LogP contribution in [0, 0.1) is 6.92 Å². The quantitative estimate of drug-likeness (QED) is 0.801. The number of esters is 1. The second-order valence-corrected chi connectivity index (χ2v) is 5.15. The van der Waals surface area contributed by atoms with Crippen LogP contribution in [-0.4, -0.2) is 22.5 Å². The van der Waals surface area contributed by atoms with E-state index >= 15 is 0 Å². The first kappa shape index (κ1) is 16.7. The molecule has 2 N–H and O–H groups in total. The third-order valence-corrected chi connectivity index (χ3v) is 3.38. The van der Waals surface area contributed by atoms with Crippen molar-refractivity contribution >= 4 is 17.6 Å². The van der Waals surface area contributed by atoms with E-state index in [1.165, 1.54) is 0 Å². The van der Waals surface area contributed by atoms with Crippen molar-refractivity contribution in [3.63, 3.8) is 0 Å². The molecular weight excluding hydrogens is 294 g/mol. The monoisotopic (exact) mass is 315 g/mol. The number of H-pyrrole nitrogens is 1. The number of anilines is 2. The molecule has 6 nitrogen and oxygen atoms in total. The van der Waals surface area contributed by atoms with E-state index in [0.29, 0.717) is 24.5 Å². The van der Waals surface area contributed by atoms with Crippen molar-refractivity contribution in [3.05, 3.63) is 51.4 Å². The van der Waals surface area contributed by atoms with Crippen LogP contribution in [0.2, 0.25) is 0 Å². The molecule has 0 spiro atoms. The first-order valence-corrected chi connectivity index (χ1v) is 7.69. The Morgan fingerprint density at radius 2 is 1.96 bits per heavy atom. The Morgan fingerprint density at radius 1 is 1.26 bits per heavy atom. The average Bonchev–Trinajstić information content (AvgIpc) is 2.52. The van der Waals surface area contributed by atoms with E-state index in [1.54, 1.807) is 31.2 Å². The summed E-state index contributed by atoms with van der Waals surface area (Å²) in [7, 11) is 0. The highest BCUT2D eigenvalue weighted by Crippen LogP contribution is 2.15. The van der Waals surface area contributed by atoms with Crippen LogP contribution in [0.3, 0.4) is 0 Å². The van der Waals surface area contributed by atoms with E-state index in [4.69, 9.17) is 4.74 Å². The zero-order valence-electron chi connectivity index (χ0n) is 13.6. The van der Waals surface area contributed by atoms with Gasteiger partial charge in [0.1, 0.15) is 0 Å². The van der Waals surface area contributed by atoms with Gasteiger partial charge in [-0.15, -0.1) is 0 Å². The first-order chi connectivity index (χ1) is 11.0. The van der Waals surface area contributed by atoms with Gasteiger partial charge in [-0.3, -0.25) is 9.78 Å². The highest BCUT2D eigenvalue weighted by atomic mass is 16.5. The van der Waals surface area contributed by atoms with E-state index in [1.807, 2.05) is 13.8 Å². The number of carbonyl (C=O) groups excluding carboxylic acids is 1. The summed E-state index contributed by atoms with van der Waals surface area (Å²) in [5, 5.41) is 3.03. The minimum atomic E-state index is -0.356. The maximum atomic E-state index is 12.1. The van der Waals surface area contributed by atoms with Crippen molar-refractivity contribution in [1.82, 2.24) is 9.97 Å². The van der Waals surface area contributed by atoms with Crippen LogP contribution in [-0.2, 0) is 11.2 Å². The van der Waals surface area contributed by atoms with E-state index in [2.05, 4.69) is 15.3 Å². The molecule has 0 atom stereocenters. The lowest BCUT2D eigenvalue weighted by atomic mass is 10.1. The Hall–Kier alpha value is -2.63. The van der Waals surface area contributed by atoms with Gasteiger partial charge in [-0.05, 0) is 44.5 Å². The average molecular weight is 315 g/mol. The van der Waals surface area contributed by atoms with Gasteiger partial charge in [0, 0.05) is 16.9 Å². The summed E-state index contributed by atoms with van der Waals surface area (Å²) in [6, 6.07) is 6.80. The number of nitrogens with zero attached hydrogens (tertiary/aromatic N) is 1. The van der Waals surface area contributed by atoms with Gasteiger partial charge in [0.2, 0.25) is 5.95 Å². The molecule has 0 aliphatic heterocycles. The molecule has 6 heteroatoms. The number of aromatic nitrogens is 2. The number of rotatable bonds is 6. The van der Waals surface area contributed by atoms with Crippen LogP contribution in [0.25, 0.3) is 0 Å². The van der Waals surface area contributed by atoms with Crippen LogP contribution in [0.5, 0.6) is 0 Å². The molecule has 0 fully saturated rings. The standard InChI is InChI=1S/C17H21N3O3/c1-4-6-14-11(3)18-17(20-15(14)21)19-13-9-7-12(8-10-13)16(22)23-5-2/h7-10H,4-6H2,1-3H3,(H2,18,19,20,21). The van der Waals surface area contributed by atoms with E-state index in [0.717, 1.165) is 23.4 Å². The third kappa shape index (κ3) is 4.18. The molecule has 0 unspecified atom stereocenters.